The molecule has 2 unspecified atom stereocenters. The van der Waals surface area contributed by atoms with Gasteiger partial charge in [-0.1, -0.05) is 0 Å². The highest BCUT2D eigenvalue weighted by Crippen LogP contribution is 2.32. The van der Waals surface area contributed by atoms with Crippen molar-refractivity contribution in [1.29, 1.82) is 0 Å². The Balaban J connectivity index is 1.55. The Kier molecular flexibility index (Phi) is 4.85. The molecule has 3 heterocycles. The van der Waals surface area contributed by atoms with Crippen molar-refractivity contribution in [2.24, 2.45) is 0 Å². The van der Waals surface area contributed by atoms with Crippen molar-refractivity contribution in [3.63, 3.8) is 0 Å². The summed E-state index contributed by atoms with van der Waals surface area (Å²) in [6.45, 7) is 2.02. The van der Waals surface area contributed by atoms with E-state index in [1.807, 2.05) is 18.7 Å². The molecule has 0 radical (unpaired) electrons. The molecule has 4 nitrogen and oxygen atoms in total. The van der Waals surface area contributed by atoms with Gasteiger partial charge in [-0.2, -0.15) is 11.8 Å². The molecule has 0 N–H and O–H groups in total. The Morgan fingerprint density at radius 3 is 2.92 bits per heavy atom. The fourth-order valence-electron chi connectivity index (χ4n) is 3.52. The Morgan fingerprint density at radius 2 is 2.19 bits per heavy atom. The first-order chi connectivity index (χ1) is 12.6. The largest absolute Gasteiger partial charge is 0.473 e. The summed E-state index contributed by atoms with van der Waals surface area (Å²) in [6, 6.07) is 8.21. The third-order valence-corrected chi connectivity index (χ3v) is 6.08. The second kappa shape index (κ2) is 7.27. The molecule has 1 fully saturated rings. The molecule has 2 atom stereocenters. The molecular weight excluding hydrogens is 351 g/mol. The fourth-order valence-corrected chi connectivity index (χ4v) is 4.62. The van der Waals surface area contributed by atoms with Crippen LogP contribution in [0, 0.1) is 5.82 Å². The van der Waals surface area contributed by atoms with Gasteiger partial charge in [0.15, 0.2) is 0 Å². The van der Waals surface area contributed by atoms with Crippen molar-refractivity contribution < 1.29 is 13.9 Å². The molecule has 0 spiro atoms. The van der Waals surface area contributed by atoms with E-state index in [1.54, 1.807) is 29.3 Å². The molecule has 1 amide bonds. The van der Waals surface area contributed by atoms with Gasteiger partial charge in [-0.25, -0.2) is 9.37 Å². The number of benzene rings is 1. The molecular formula is C20H21FN2O2S. The van der Waals surface area contributed by atoms with Crippen LogP contribution in [0.1, 0.15) is 35.7 Å². The van der Waals surface area contributed by atoms with Crippen molar-refractivity contribution >= 4 is 23.4 Å². The molecule has 6 heteroatoms. The summed E-state index contributed by atoms with van der Waals surface area (Å²) in [6.07, 6.45) is 4.41. The van der Waals surface area contributed by atoms with Crippen molar-refractivity contribution in [3.8, 4) is 5.88 Å². The van der Waals surface area contributed by atoms with Gasteiger partial charge in [0, 0.05) is 29.7 Å². The summed E-state index contributed by atoms with van der Waals surface area (Å²) < 4.78 is 19.4. The minimum atomic E-state index is -0.265. The molecule has 0 bridgehead atoms. The molecule has 26 heavy (non-hydrogen) atoms. The lowest BCUT2D eigenvalue weighted by Crippen LogP contribution is -2.42. The van der Waals surface area contributed by atoms with Crippen molar-refractivity contribution in [1.82, 2.24) is 4.98 Å². The number of carbonyl (C=O) groups excluding carboxylic acids is 1. The second-order valence-corrected chi connectivity index (χ2v) is 7.97. The summed E-state index contributed by atoms with van der Waals surface area (Å²) in [5, 5.41) is 0. The average Bonchev–Trinajstić information content (AvgIpc) is 3.15. The predicted molar refractivity (Wildman–Crippen MR) is 102 cm³/mol. The van der Waals surface area contributed by atoms with Crippen LogP contribution in [0.2, 0.25) is 0 Å². The van der Waals surface area contributed by atoms with Crippen LogP contribution in [0.25, 0.3) is 0 Å². The van der Waals surface area contributed by atoms with Gasteiger partial charge in [0.25, 0.3) is 5.91 Å². The summed E-state index contributed by atoms with van der Waals surface area (Å²) in [5.41, 5.74) is 2.18. The van der Waals surface area contributed by atoms with E-state index in [9.17, 15) is 9.18 Å². The first-order valence-corrected chi connectivity index (χ1v) is 10.1. The van der Waals surface area contributed by atoms with Gasteiger partial charge in [-0.3, -0.25) is 4.79 Å². The molecule has 2 aliphatic rings. The van der Waals surface area contributed by atoms with E-state index in [0.29, 0.717) is 11.4 Å². The summed E-state index contributed by atoms with van der Waals surface area (Å²) in [4.78, 5) is 19.1. The maximum atomic E-state index is 13.5. The van der Waals surface area contributed by atoms with Gasteiger partial charge in [-0.05, 0) is 61.8 Å². The van der Waals surface area contributed by atoms with E-state index in [0.717, 1.165) is 42.0 Å². The number of amides is 1. The second-order valence-electron chi connectivity index (χ2n) is 6.82. The van der Waals surface area contributed by atoms with Gasteiger partial charge in [0.1, 0.15) is 11.9 Å². The third kappa shape index (κ3) is 3.43. The van der Waals surface area contributed by atoms with Crippen LogP contribution in [-0.4, -0.2) is 34.5 Å². The first-order valence-electron chi connectivity index (χ1n) is 8.94. The Hall–Kier alpha value is -2.08. The number of fused-ring (bicyclic) bond motifs is 1. The zero-order chi connectivity index (χ0) is 18.1. The molecule has 2 aliphatic heterocycles. The summed E-state index contributed by atoms with van der Waals surface area (Å²) in [7, 11) is 0. The SMILES string of the molecule is CC1CCc2cc(F)ccc2N1C(=O)c1ccc(OC2CCSC2)nc1. The Bertz CT molecular complexity index is 806. The van der Waals surface area contributed by atoms with E-state index in [2.05, 4.69) is 4.98 Å². The normalized spacial score (nSPS) is 22.2. The van der Waals surface area contributed by atoms with Crippen molar-refractivity contribution in [2.75, 3.05) is 16.4 Å². The number of anilines is 1. The van der Waals surface area contributed by atoms with Gasteiger partial charge < -0.3 is 9.64 Å². The highest BCUT2D eigenvalue weighted by Gasteiger charge is 2.29. The van der Waals surface area contributed by atoms with Crippen molar-refractivity contribution in [2.45, 2.75) is 38.3 Å². The smallest absolute Gasteiger partial charge is 0.260 e. The maximum Gasteiger partial charge on any atom is 0.260 e. The third-order valence-electron chi connectivity index (χ3n) is 4.95. The minimum absolute atomic E-state index is 0.0619. The van der Waals surface area contributed by atoms with E-state index in [1.165, 1.54) is 12.1 Å². The standard InChI is InChI=1S/C20H21FN2O2S/c1-13-2-3-14-10-16(21)5-6-18(14)23(13)20(24)15-4-7-19(22-11-15)25-17-8-9-26-12-17/h4-7,10-11,13,17H,2-3,8-9,12H2,1H3. The highest BCUT2D eigenvalue weighted by atomic mass is 32.2. The van der Waals surface area contributed by atoms with Crippen molar-refractivity contribution in [3.05, 3.63) is 53.5 Å². The first kappa shape index (κ1) is 17.3. The number of nitrogens with zero attached hydrogens (tertiary/aromatic N) is 2. The molecule has 0 aliphatic carbocycles. The van der Waals surface area contributed by atoms with E-state index in [4.69, 9.17) is 4.74 Å². The van der Waals surface area contributed by atoms with Gasteiger partial charge in [0.05, 0.1) is 5.56 Å². The number of aromatic nitrogens is 1. The van der Waals surface area contributed by atoms with E-state index >= 15 is 0 Å². The van der Waals surface area contributed by atoms with Crippen LogP contribution in [0.3, 0.4) is 0 Å². The molecule has 1 saturated heterocycles. The summed E-state index contributed by atoms with van der Waals surface area (Å²) >= 11 is 1.88. The zero-order valence-electron chi connectivity index (χ0n) is 14.7. The number of ether oxygens (including phenoxy) is 1. The summed E-state index contributed by atoms with van der Waals surface area (Å²) in [5.74, 6) is 2.29. The van der Waals surface area contributed by atoms with Crippen LogP contribution in [0.15, 0.2) is 36.5 Å². The fraction of sp³-hybridized carbons (Fsp3) is 0.400. The molecule has 0 saturated carbocycles. The molecule has 136 valence electrons. The van der Waals surface area contributed by atoms with Gasteiger partial charge in [-0.15, -0.1) is 0 Å². The van der Waals surface area contributed by atoms with Crippen LogP contribution in [0.5, 0.6) is 5.88 Å². The van der Waals surface area contributed by atoms with E-state index < -0.39 is 0 Å². The highest BCUT2D eigenvalue weighted by molar-refractivity contribution is 7.99. The molecule has 4 rings (SSSR count). The van der Waals surface area contributed by atoms with Crippen LogP contribution >= 0.6 is 11.8 Å². The quantitative estimate of drug-likeness (QED) is 0.814. The molecule has 1 aromatic carbocycles. The number of hydrogen-bond donors (Lipinski definition) is 0. The maximum absolute atomic E-state index is 13.5. The number of carbonyl (C=O) groups is 1. The number of aryl methyl sites for hydroxylation is 1. The predicted octanol–water partition coefficient (Wildman–Crippen LogP) is 4.09. The van der Waals surface area contributed by atoms with E-state index in [-0.39, 0.29) is 23.9 Å². The Labute approximate surface area is 156 Å². The van der Waals surface area contributed by atoms with Crippen LogP contribution < -0.4 is 9.64 Å². The number of hydrogen-bond acceptors (Lipinski definition) is 4. The zero-order valence-corrected chi connectivity index (χ0v) is 15.5. The number of pyridine rings is 1. The molecule has 1 aromatic heterocycles. The lowest BCUT2D eigenvalue weighted by atomic mass is 9.95. The lowest BCUT2D eigenvalue weighted by molar-refractivity contribution is 0.0974. The molecule has 2 aromatic rings. The van der Waals surface area contributed by atoms with Crippen LogP contribution in [0.4, 0.5) is 10.1 Å². The number of thioether (sulfide) groups is 1. The Morgan fingerprint density at radius 1 is 1.31 bits per heavy atom. The average molecular weight is 372 g/mol. The topological polar surface area (TPSA) is 42.4 Å². The number of halogens is 1. The minimum Gasteiger partial charge on any atom is -0.473 e. The lowest BCUT2D eigenvalue weighted by Gasteiger charge is -2.35. The number of rotatable bonds is 3. The van der Waals surface area contributed by atoms with Crippen LogP contribution in [-0.2, 0) is 6.42 Å². The monoisotopic (exact) mass is 372 g/mol. The van der Waals surface area contributed by atoms with Gasteiger partial charge >= 0.3 is 0 Å². The van der Waals surface area contributed by atoms with Gasteiger partial charge in [0.2, 0.25) is 5.88 Å².